The molecule has 3 heterocycles. The predicted molar refractivity (Wildman–Crippen MR) is 203 cm³/mol. The van der Waals surface area contributed by atoms with Gasteiger partial charge in [0.2, 0.25) is 0 Å². The highest BCUT2D eigenvalue weighted by atomic mass is 32.2. The van der Waals surface area contributed by atoms with Crippen LogP contribution in [0.1, 0.15) is 34.5 Å². The lowest BCUT2D eigenvalue weighted by molar-refractivity contribution is 0.0956. The molecule has 1 saturated heterocycles. The molecular weight excluding hydrogens is 715 g/mol. The third-order valence-electron chi connectivity index (χ3n) is 9.42. The second-order valence-corrected chi connectivity index (χ2v) is 16.5. The molecule has 53 heavy (non-hydrogen) atoms. The summed E-state index contributed by atoms with van der Waals surface area (Å²) in [5.74, 6) is -0.994. The number of sulfonamides is 1. The summed E-state index contributed by atoms with van der Waals surface area (Å²) in [5, 5.41) is 10.9. The van der Waals surface area contributed by atoms with Gasteiger partial charge in [-0.1, -0.05) is 12.1 Å². The number of amides is 1. The highest BCUT2D eigenvalue weighted by Gasteiger charge is 2.24. The molecule has 5 N–H and O–H groups in total. The standard InChI is InChI=1S/C38H37N7O6S2/c39-24-26-10-12-35-34(19-26)27(25-45(35)53(49,50)33-9-4-7-30(41)23-33)5-1-2-14-43-15-17-44(18-16-43)31-11-13-36-28(20-31)21-37(51-36)38(46)42-52(47,48)32-8-3-6-29(40)22-32/h3-4,6-13,19-23,25H,1-2,5,14-18,40-41H2,(H,42,46). The molecule has 0 aliphatic carbocycles. The zero-order valence-corrected chi connectivity index (χ0v) is 30.2. The van der Waals surface area contributed by atoms with Gasteiger partial charge in [0.1, 0.15) is 5.58 Å². The first-order chi connectivity index (χ1) is 25.4. The molecule has 1 aliphatic rings. The molecule has 0 spiro atoms. The summed E-state index contributed by atoms with van der Waals surface area (Å²) < 4.78 is 61.6. The largest absolute Gasteiger partial charge is 0.451 e. The first kappa shape index (κ1) is 35.6. The first-order valence-corrected chi connectivity index (χ1v) is 19.9. The Balaban J connectivity index is 0.949. The van der Waals surface area contributed by atoms with Crippen LogP contribution >= 0.6 is 0 Å². The van der Waals surface area contributed by atoms with Crippen molar-refractivity contribution in [1.82, 2.24) is 13.6 Å². The number of hydrogen-bond donors (Lipinski definition) is 3. The highest BCUT2D eigenvalue weighted by molar-refractivity contribution is 7.90. The molecule has 1 fully saturated rings. The number of benzene rings is 4. The Kier molecular flexibility index (Phi) is 9.60. The number of nitriles is 1. The second-order valence-electron chi connectivity index (χ2n) is 13.0. The van der Waals surface area contributed by atoms with Gasteiger partial charge in [0.25, 0.3) is 20.0 Å². The third kappa shape index (κ3) is 7.43. The maximum atomic E-state index is 13.6. The number of aromatic nitrogens is 1. The predicted octanol–water partition coefficient (Wildman–Crippen LogP) is 4.92. The number of carbonyl (C=O) groups is 1. The fourth-order valence-corrected chi connectivity index (χ4v) is 9.11. The molecule has 0 bridgehead atoms. The number of nitrogen functional groups attached to an aromatic ring is 2. The van der Waals surface area contributed by atoms with Crippen molar-refractivity contribution in [2.24, 2.45) is 0 Å². The Morgan fingerprint density at radius 3 is 2.26 bits per heavy atom. The quantitative estimate of drug-likeness (QED) is 0.120. The van der Waals surface area contributed by atoms with Crippen LogP contribution in [0.15, 0.2) is 111 Å². The molecule has 15 heteroatoms. The number of hydrogen-bond acceptors (Lipinski definition) is 11. The smallest absolute Gasteiger partial charge is 0.300 e. The number of anilines is 3. The number of carbonyl (C=O) groups excluding carboxylic acids is 1. The minimum Gasteiger partial charge on any atom is -0.451 e. The Hall–Kier alpha value is -5.82. The minimum atomic E-state index is -4.14. The number of rotatable bonds is 11. The van der Waals surface area contributed by atoms with E-state index >= 15 is 0 Å². The van der Waals surface area contributed by atoms with Gasteiger partial charge in [-0.25, -0.2) is 25.5 Å². The third-order valence-corrected chi connectivity index (χ3v) is 12.4. The zero-order valence-electron chi connectivity index (χ0n) is 28.6. The summed E-state index contributed by atoms with van der Waals surface area (Å²) in [7, 11) is -8.04. The number of nitrogens with zero attached hydrogens (tertiary/aromatic N) is 4. The molecule has 4 aromatic carbocycles. The molecule has 0 radical (unpaired) electrons. The van der Waals surface area contributed by atoms with E-state index in [1.54, 1.807) is 48.7 Å². The van der Waals surface area contributed by atoms with E-state index in [-0.39, 0.29) is 21.2 Å². The Bertz CT molecular complexity index is 2620. The van der Waals surface area contributed by atoms with Gasteiger partial charge < -0.3 is 20.8 Å². The van der Waals surface area contributed by atoms with Crippen LogP contribution in [0, 0.1) is 11.3 Å². The Labute approximate surface area is 307 Å². The molecule has 0 unspecified atom stereocenters. The van der Waals surface area contributed by atoms with E-state index in [1.165, 1.54) is 40.4 Å². The van der Waals surface area contributed by atoms with Crippen LogP contribution in [-0.4, -0.2) is 64.3 Å². The van der Waals surface area contributed by atoms with Gasteiger partial charge in [-0.05, 0) is 110 Å². The van der Waals surface area contributed by atoms with Crippen LogP contribution in [-0.2, 0) is 26.5 Å². The van der Waals surface area contributed by atoms with Gasteiger partial charge in [0.05, 0.1) is 26.9 Å². The van der Waals surface area contributed by atoms with Crippen molar-refractivity contribution in [2.75, 3.05) is 49.1 Å². The maximum Gasteiger partial charge on any atom is 0.300 e. The monoisotopic (exact) mass is 751 g/mol. The van der Waals surface area contributed by atoms with Crippen LogP contribution in [0.4, 0.5) is 17.1 Å². The molecule has 7 rings (SSSR count). The number of unbranched alkanes of at least 4 members (excludes halogenated alkanes) is 1. The maximum absolute atomic E-state index is 13.6. The lowest BCUT2D eigenvalue weighted by atomic mass is 10.1. The fraction of sp³-hybridized carbons (Fsp3) is 0.211. The van der Waals surface area contributed by atoms with Gasteiger partial charge >= 0.3 is 5.91 Å². The Morgan fingerprint density at radius 2 is 1.55 bits per heavy atom. The minimum absolute atomic E-state index is 0.102. The van der Waals surface area contributed by atoms with Crippen LogP contribution in [0.3, 0.4) is 0 Å². The van der Waals surface area contributed by atoms with Crippen LogP contribution in [0.2, 0.25) is 0 Å². The van der Waals surface area contributed by atoms with Crippen molar-refractivity contribution in [1.29, 1.82) is 5.26 Å². The van der Waals surface area contributed by atoms with Gasteiger partial charge in [-0.2, -0.15) is 5.26 Å². The lowest BCUT2D eigenvalue weighted by Gasteiger charge is -2.36. The number of nitrogens with one attached hydrogen (secondary N) is 1. The second kappa shape index (κ2) is 14.3. The highest BCUT2D eigenvalue weighted by Crippen LogP contribution is 2.30. The molecule has 1 amide bonds. The number of fused-ring (bicyclic) bond motifs is 2. The van der Waals surface area contributed by atoms with E-state index in [1.807, 2.05) is 16.9 Å². The van der Waals surface area contributed by atoms with Crippen molar-refractivity contribution < 1.29 is 26.0 Å². The van der Waals surface area contributed by atoms with Crippen LogP contribution in [0.5, 0.6) is 0 Å². The number of nitrogens with two attached hydrogens (primary N) is 2. The molecule has 0 saturated carbocycles. The molecule has 6 aromatic rings. The summed E-state index contributed by atoms with van der Waals surface area (Å²) in [4.78, 5) is 17.5. The summed E-state index contributed by atoms with van der Waals surface area (Å²) in [6.45, 7) is 4.17. The van der Waals surface area contributed by atoms with Crippen molar-refractivity contribution >= 4 is 64.9 Å². The number of aryl methyl sites for hydroxylation is 1. The molecule has 272 valence electrons. The average Bonchev–Trinajstić information content (AvgIpc) is 3.75. The summed E-state index contributed by atoms with van der Waals surface area (Å²) in [5.41, 5.74) is 15.5. The SMILES string of the molecule is N#Cc1ccc2c(c1)c(CCCCN1CCN(c3ccc4oc(C(=O)NS(=O)(=O)c5cccc(N)c5)cc4c3)CC1)cn2S(=O)(=O)c1cccc(N)c1. The number of furan rings is 1. The van der Waals surface area contributed by atoms with Gasteiger partial charge in [-0.3, -0.25) is 9.69 Å². The van der Waals surface area contributed by atoms with E-state index in [9.17, 15) is 26.9 Å². The fourth-order valence-electron chi connectivity index (χ4n) is 6.66. The molecule has 2 aromatic heterocycles. The molecular formula is C38H37N7O6S2. The van der Waals surface area contributed by atoms with Gasteiger partial charge in [-0.15, -0.1) is 0 Å². The van der Waals surface area contributed by atoms with Crippen LogP contribution in [0.25, 0.3) is 21.9 Å². The Morgan fingerprint density at radius 1 is 0.830 bits per heavy atom. The van der Waals surface area contributed by atoms with Crippen molar-refractivity contribution in [3.05, 3.63) is 114 Å². The van der Waals surface area contributed by atoms with Crippen molar-refractivity contribution in [3.63, 3.8) is 0 Å². The van der Waals surface area contributed by atoms with E-state index in [0.717, 1.165) is 62.2 Å². The summed E-state index contributed by atoms with van der Waals surface area (Å²) in [6, 6.07) is 26.3. The number of piperazine rings is 1. The van der Waals surface area contributed by atoms with Crippen LogP contribution < -0.4 is 21.1 Å². The zero-order chi connectivity index (χ0) is 37.3. The van der Waals surface area contributed by atoms with E-state index in [2.05, 4.69) is 15.9 Å². The van der Waals surface area contributed by atoms with Crippen molar-refractivity contribution in [3.8, 4) is 6.07 Å². The summed E-state index contributed by atoms with van der Waals surface area (Å²) in [6.07, 6.45) is 4.06. The van der Waals surface area contributed by atoms with Gasteiger partial charge in [0, 0.05) is 60.2 Å². The van der Waals surface area contributed by atoms with E-state index < -0.39 is 26.0 Å². The topological polar surface area (TPSA) is 198 Å². The summed E-state index contributed by atoms with van der Waals surface area (Å²) >= 11 is 0. The van der Waals surface area contributed by atoms with Gasteiger partial charge in [0.15, 0.2) is 5.76 Å². The van der Waals surface area contributed by atoms with E-state index in [0.29, 0.717) is 34.2 Å². The lowest BCUT2D eigenvalue weighted by Crippen LogP contribution is -2.46. The molecule has 0 atom stereocenters. The molecule has 1 aliphatic heterocycles. The van der Waals surface area contributed by atoms with Crippen molar-refractivity contribution in [2.45, 2.75) is 29.1 Å². The van der Waals surface area contributed by atoms with E-state index in [4.69, 9.17) is 15.9 Å². The average molecular weight is 752 g/mol. The normalized spacial score (nSPS) is 14.1. The first-order valence-electron chi connectivity index (χ1n) is 17.0. The molecule has 13 nitrogen and oxygen atoms in total.